The third-order valence-corrected chi connectivity index (χ3v) is 6.57. The SMILES string of the molecule is Nc1ncnc2c1ncn2[C@@H]1O[C@H](C(O)P(=O)(O)O)[C@](O)(P(=O)(O)O)[C@H]1O. The van der Waals surface area contributed by atoms with E-state index in [-0.39, 0.29) is 17.0 Å². The minimum atomic E-state index is -5.68. The number of nitrogens with two attached hydrogens (primary N) is 1. The van der Waals surface area contributed by atoms with Gasteiger partial charge >= 0.3 is 15.2 Å². The van der Waals surface area contributed by atoms with E-state index in [1.165, 1.54) is 0 Å². The number of hydrogen-bond acceptors (Lipinski definition) is 10. The first-order chi connectivity index (χ1) is 12.3. The molecule has 2 aromatic rings. The monoisotopic (exact) mass is 427 g/mol. The fraction of sp³-hybridized carbons (Fsp3) is 0.500. The number of rotatable bonds is 4. The third-order valence-electron chi connectivity index (χ3n) is 4.15. The van der Waals surface area contributed by atoms with Crippen LogP contribution in [0.5, 0.6) is 0 Å². The number of aliphatic hydroxyl groups excluding tert-OH is 2. The highest BCUT2D eigenvalue weighted by Gasteiger charge is 2.69. The molecule has 9 N–H and O–H groups in total. The molecule has 1 unspecified atom stereocenters. The van der Waals surface area contributed by atoms with Crippen molar-refractivity contribution in [2.45, 2.75) is 29.6 Å². The number of aromatic nitrogens is 4. The summed E-state index contributed by atoms with van der Waals surface area (Å²) in [6.45, 7) is 0. The molecule has 0 spiro atoms. The summed E-state index contributed by atoms with van der Waals surface area (Å²) in [6.07, 6.45) is -4.79. The van der Waals surface area contributed by atoms with Gasteiger partial charge in [-0.15, -0.1) is 0 Å². The van der Waals surface area contributed by atoms with E-state index >= 15 is 0 Å². The van der Waals surface area contributed by atoms with Crippen LogP contribution in [0.2, 0.25) is 0 Å². The number of imidazole rings is 1. The molecule has 0 saturated carbocycles. The Kier molecular flexibility index (Phi) is 4.68. The number of nitrogen functional groups attached to an aromatic ring is 1. The van der Waals surface area contributed by atoms with E-state index < -0.39 is 44.8 Å². The standard InChI is InChI=1S/C10H15N5O10P2/c11-6-3-7(13-1-12-6)15(2-14-3)8-4(16)10(18,27(22,23)24)5(25-8)9(17)26(19,20)21/h1-2,4-5,8-9,16-18H,(H2,11,12,13)(H2,19,20,21)(H2,22,23,24)/t4-,5+,8+,9?,10+/m0/s1. The average Bonchev–Trinajstić information content (AvgIpc) is 3.07. The Bertz CT molecular complexity index is 972. The van der Waals surface area contributed by atoms with Gasteiger partial charge in [0.15, 0.2) is 23.5 Å². The lowest BCUT2D eigenvalue weighted by atomic mass is 10.1. The van der Waals surface area contributed by atoms with Crippen molar-refractivity contribution in [3.05, 3.63) is 12.7 Å². The van der Waals surface area contributed by atoms with Gasteiger partial charge < -0.3 is 45.4 Å². The van der Waals surface area contributed by atoms with Crippen molar-refractivity contribution in [3.8, 4) is 0 Å². The predicted octanol–water partition coefficient (Wildman–Crippen LogP) is -2.97. The van der Waals surface area contributed by atoms with Gasteiger partial charge in [0.05, 0.1) is 6.33 Å². The fourth-order valence-corrected chi connectivity index (χ4v) is 4.55. The van der Waals surface area contributed by atoms with Crippen molar-refractivity contribution in [3.63, 3.8) is 0 Å². The lowest BCUT2D eigenvalue weighted by Gasteiger charge is -2.33. The molecule has 17 heteroatoms. The molecular weight excluding hydrogens is 412 g/mol. The molecule has 5 atom stereocenters. The van der Waals surface area contributed by atoms with Crippen LogP contribution in [0.4, 0.5) is 5.82 Å². The van der Waals surface area contributed by atoms with Gasteiger partial charge in [0.1, 0.15) is 24.1 Å². The van der Waals surface area contributed by atoms with Crippen LogP contribution in [0.3, 0.4) is 0 Å². The van der Waals surface area contributed by atoms with Gasteiger partial charge in [-0.05, 0) is 0 Å². The molecule has 0 radical (unpaired) electrons. The van der Waals surface area contributed by atoms with Crippen LogP contribution in [0.25, 0.3) is 11.2 Å². The van der Waals surface area contributed by atoms with E-state index in [0.717, 1.165) is 17.2 Å². The summed E-state index contributed by atoms with van der Waals surface area (Å²) in [5.41, 5.74) is 5.58. The highest BCUT2D eigenvalue weighted by atomic mass is 31.2. The lowest BCUT2D eigenvalue weighted by Crippen LogP contribution is -2.51. The number of ether oxygens (including phenoxy) is 1. The summed E-state index contributed by atoms with van der Waals surface area (Å²) in [5, 5.41) is 27.1. The smallest absolute Gasteiger partial charge is 0.362 e. The van der Waals surface area contributed by atoms with Crippen LogP contribution in [-0.4, -0.2) is 77.8 Å². The van der Waals surface area contributed by atoms with Crippen LogP contribution in [0.1, 0.15) is 6.23 Å². The molecule has 0 aromatic carbocycles. The quantitative estimate of drug-likeness (QED) is 0.227. The van der Waals surface area contributed by atoms with Gasteiger partial charge in [0, 0.05) is 0 Å². The molecule has 0 amide bonds. The highest BCUT2D eigenvalue weighted by Crippen LogP contribution is 2.62. The first kappa shape index (κ1) is 20.2. The Morgan fingerprint density at radius 2 is 1.85 bits per heavy atom. The minimum Gasteiger partial charge on any atom is -0.385 e. The molecule has 3 heterocycles. The topological polar surface area (TPSA) is 255 Å². The van der Waals surface area contributed by atoms with E-state index in [9.17, 15) is 34.2 Å². The minimum absolute atomic E-state index is 0.0343. The third kappa shape index (κ3) is 2.98. The Hall–Kier alpha value is -1.51. The van der Waals surface area contributed by atoms with E-state index in [2.05, 4.69) is 15.0 Å². The van der Waals surface area contributed by atoms with Crippen molar-refractivity contribution in [2.75, 3.05) is 5.73 Å². The van der Waals surface area contributed by atoms with Gasteiger partial charge in [0.25, 0.3) is 0 Å². The molecule has 3 rings (SSSR count). The van der Waals surface area contributed by atoms with Gasteiger partial charge in [-0.3, -0.25) is 13.7 Å². The predicted molar refractivity (Wildman–Crippen MR) is 84.7 cm³/mol. The molecule has 1 aliphatic rings. The zero-order valence-corrected chi connectivity index (χ0v) is 14.9. The molecule has 2 aromatic heterocycles. The van der Waals surface area contributed by atoms with Crippen molar-refractivity contribution in [1.29, 1.82) is 0 Å². The highest BCUT2D eigenvalue weighted by molar-refractivity contribution is 7.54. The van der Waals surface area contributed by atoms with Crippen molar-refractivity contribution in [2.24, 2.45) is 0 Å². The zero-order valence-electron chi connectivity index (χ0n) is 13.1. The Labute approximate surface area is 149 Å². The van der Waals surface area contributed by atoms with Crippen LogP contribution in [0.15, 0.2) is 12.7 Å². The van der Waals surface area contributed by atoms with Crippen LogP contribution in [0, 0.1) is 0 Å². The lowest BCUT2D eigenvalue weighted by molar-refractivity contribution is -0.0777. The van der Waals surface area contributed by atoms with Crippen LogP contribution < -0.4 is 5.73 Å². The molecule has 1 aliphatic heterocycles. The summed E-state index contributed by atoms with van der Waals surface area (Å²) in [6, 6.07) is 0. The number of aliphatic hydroxyl groups is 3. The van der Waals surface area contributed by atoms with Crippen LogP contribution >= 0.6 is 15.2 Å². The van der Waals surface area contributed by atoms with Crippen molar-refractivity contribution >= 4 is 32.2 Å². The number of fused-ring (bicyclic) bond motifs is 1. The second-order valence-corrected chi connectivity index (χ2v) is 9.32. The molecule has 150 valence electrons. The molecule has 1 saturated heterocycles. The zero-order chi connectivity index (χ0) is 20.4. The fourth-order valence-electron chi connectivity index (χ4n) is 2.78. The molecule has 0 aliphatic carbocycles. The number of hydrogen-bond donors (Lipinski definition) is 8. The maximum Gasteiger partial charge on any atom is 0.362 e. The van der Waals surface area contributed by atoms with Gasteiger partial charge in [-0.25, -0.2) is 15.0 Å². The normalized spacial score (nSPS) is 30.7. The van der Waals surface area contributed by atoms with Crippen LogP contribution in [-0.2, 0) is 13.9 Å². The molecule has 27 heavy (non-hydrogen) atoms. The molecule has 1 fully saturated rings. The van der Waals surface area contributed by atoms with E-state index in [4.69, 9.17) is 20.3 Å². The Balaban J connectivity index is 2.15. The number of anilines is 1. The van der Waals surface area contributed by atoms with E-state index in [0.29, 0.717) is 0 Å². The Morgan fingerprint density at radius 3 is 2.41 bits per heavy atom. The summed E-state index contributed by atoms with van der Waals surface area (Å²) in [7, 11) is -11.1. The van der Waals surface area contributed by atoms with Gasteiger partial charge in [0.2, 0.25) is 5.34 Å². The first-order valence-corrected chi connectivity index (χ1v) is 10.4. The maximum atomic E-state index is 11.8. The summed E-state index contributed by atoms with van der Waals surface area (Å²) in [4.78, 5) is 48.6. The van der Waals surface area contributed by atoms with Crippen molar-refractivity contribution < 1.29 is 48.8 Å². The largest absolute Gasteiger partial charge is 0.385 e. The van der Waals surface area contributed by atoms with E-state index in [1.54, 1.807) is 0 Å². The molecule has 15 nitrogen and oxygen atoms in total. The van der Waals surface area contributed by atoms with Gasteiger partial charge in [-0.1, -0.05) is 0 Å². The molecular formula is C10H15N5O10P2. The summed E-state index contributed by atoms with van der Waals surface area (Å²) in [5.74, 6) is -2.91. The summed E-state index contributed by atoms with van der Waals surface area (Å²) >= 11 is 0. The molecule has 0 bridgehead atoms. The Morgan fingerprint density at radius 1 is 1.22 bits per heavy atom. The summed E-state index contributed by atoms with van der Waals surface area (Å²) < 4.78 is 29.2. The first-order valence-electron chi connectivity index (χ1n) is 7.08. The second kappa shape index (κ2) is 6.25. The second-order valence-electron chi connectivity index (χ2n) is 5.80. The van der Waals surface area contributed by atoms with Crippen molar-refractivity contribution in [1.82, 2.24) is 19.5 Å². The average molecular weight is 427 g/mol. The van der Waals surface area contributed by atoms with Gasteiger partial charge in [-0.2, -0.15) is 0 Å². The van der Waals surface area contributed by atoms with E-state index in [1.807, 2.05) is 0 Å². The maximum absolute atomic E-state index is 11.8. The number of nitrogens with zero attached hydrogens (tertiary/aromatic N) is 4.